The van der Waals surface area contributed by atoms with Crippen LogP contribution in [0.15, 0.2) is 146 Å². The van der Waals surface area contributed by atoms with Crippen LogP contribution in [0.4, 0.5) is 0 Å². The monoisotopic (exact) mass is 1140 g/mol. The molecule has 4 rings (SSSR count). The zero-order valence-electron chi connectivity index (χ0n) is 47.7. The third-order valence-electron chi connectivity index (χ3n) is 11.8. The molecule has 0 aliphatic heterocycles. The van der Waals surface area contributed by atoms with Crippen molar-refractivity contribution in [1.82, 2.24) is 0 Å². The van der Waals surface area contributed by atoms with E-state index in [0.717, 1.165) is 0 Å². The van der Waals surface area contributed by atoms with E-state index in [1.807, 2.05) is 64.1 Å². The van der Waals surface area contributed by atoms with Crippen LogP contribution in [0.5, 0.6) is 0 Å². The maximum Gasteiger partial charge on any atom is 0.331 e. The first-order valence-corrected chi connectivity index (χ1v) is 35.8. The second kappa shape index (κ2) is 36.0. The summed E-state index contributed by atoms with van der Waals surface area (Å²) in [7, 11) is -14.1. The summed E-state index contributed by atoms with van der Waals surface area (Å²) in [6.45, 7) is 27.5. The standard InChI is InChI=1S/C25H37O4PSi.C25H35O4PSi.C9H19O4P/c2*1-6-27-30(26,28-7-2)22-16-10-15-21-29-31(25(3,4)5,23-17-11-8-12-18-23)24-19-13-9-14-20-24;1-3-12-14(11,13-4-2)9-7-5-6-8-10/h8-15,17-20H,6-7,16,21-22H2,1-5H3;8-9,11-14,17-20H,6-7,16,21-22H2,1-5H3;5-6,10H,3-4,7-9H2,1-2H3/b15-10+;;6-5+. The minimum atomic E-state index is -3.06. The topological polar surface area (TPSA) is 145 Å². The molecule has 0 aromatic heterocycles. The molecule has 0 spiro atoms. The Kier molecular flexibility index (Phi) is 32.6. The molecule has 0 saturated heterocycles. The Morgan fingerprint density at radius 2 is 0.737 bits per heavy atom. The van der Waals surface area contributed by atoms with Crippen molar-refractivity contribution in [1.29, 1.82) is 0 Å². The molecule has 76 heavy (non-hydrogen) atoms. The zero-order valence-corrected chi connectivity index (χ0v) is 52.4. The van der Waals surface area contributed by atoms with Crippen molar-refractivity contribution in [2.24, 2.45) is 0 Å². The molecule has 0 bridgehead atoms. The molecule has 0 aliphatic carbocycles. The quantitative estimate of drug-likeness (QED) is 0.0230. The van der Waals surface area contributed by atoms with Gasteiger partial charge >= 0.3 is 22.8 Å². The van der Waals surface area contributed by atoms with Crippen molar-refractivity contribution in [3.63, 3.8) is 0 Å². The normalized spacial score (nSPS) is 12.6. The van der Waals surface area contributed by atoms with Gasteiger partial charge in [-0.15, -0.1) is 5.92 Å². The Labute approximate surface area is 460 Å². The summed E-state index contributed by atoms with van der Waals surface area (Å²) < 4.78 is 82.1. The van der Waals surface area contributed by atoms with Crippen LogP contribution in [0.1, 0.15) is 102 Å². The molecular formula is C59H91O12P3Si2. The van der Waals surface area contributed by atoms with Gasteiger partial charge in [-0.05, 0) is 85.2 Å². The maximum absolute atomic E-state index is 12.6. The molecule has 0 heterocycles. The van der Waals surface area contributed by atoms with Gasteiger partial charge in [0.15, 0.2) is 0 Å². The van der Waals surface area contributed by atoms with Crippen molar-refractivity contribution < 1.29 is 54.8 Å². The molecule has 0 amide bonds. The molecule has 17 heteroatoms. The summed E-state index contributed by atoms with van der Waals surface area (Å²) in [5.41, 5.74) is 0. The molecule has 0 fully saturated rings. The highest BCUT2D eigenvalue weighted by Crippen LogP contribution is 2.50. The Balaban J connectivity index is 0.000000419. The fourth-order valence-corrected chi connectivity index (χ4v) is 22.3. The SMILES string of the molecule is CCOP(=O)(CC/C=C/CO)OCC.CCOP(=O)(CC/C=C/CO[Si](c1ccccc1)(c1ccccc1)C(C)(C)C)OCC.CCOP(=O)(CCC#CCO[Si](c1ccccc1)(c1ccccc1)C(C)(C)C)OCC. The van der Waals surface area contributed by atoms with Crippen molar-refractivity contribution in [3.05, 3.63) is 146 Å². The van der Waals surface area contributed by atoms with Gasteiger partial charge in [0.2, 0.25) is 0 Å². The first kappa shape index (κ1) is 68.8. The third-order valence-corrected chi connectivity index (χ3v) is 28.0. The fraction of sp³-hybridized carbons (Fsp3) is 0.492. The summed E-state index contributed by atoms with van der Waals surface area (Å²) in [4.78, 5) is 0. The van der Waals surface area contributed by atoms with Gasteiger partial charge in [0, 0.05) is 6.42 Å². The number of allylic oxidation sites excluding steroid dienone is 2. The summed E-state index contributed by atoms with van der Waals surface area (Å²) in [6, 6.07) is 42.2. The summed E-state index contributed by atoms with van der Waals surface area (Å²) >= 11 is 0. The van der Waals surface area contributed by atoms with Crippen LogP contribution in [0.25, 0.3) is 0 Å². The van der Waals surface area contributed by atoms with Gasteiger partial charge < -0.3 is 41.1 Å². The number of benzene rings is 4. The van der Waals surface area contributed by atoms with Crippen LogP contribution in [-0.4, -0.2) is 99.7 Å². The second-order valence-corrected chi connectivity index (χ2v) is 34.4. The van der Waals surface area contributed by atoms with Gasteiger partial charge in [-0.2, -0.15) is 0 Å². The van der Waals surface area contributed by atoms with Crippen LogP contribution in [0.3, 0.4) is 0 Å². The highest BCUT2D eigenvalue weighted by molar-refractivity contribution is 7.54. The van der Waals surface area contributed by atoms with E-state index < -0.39 is 39.4 Å². The molecule has 0 atom stereocenters. The van der Waals surface area contributed by atoms with E-state index in [-0.39, 0.29) is 16.7 Å². The average molecular weight is 1140 g/mol. The van der Waals surface area contributed by atoms with Gasteiger partial charge in [0.25, 0.3) is 16.6 Å². The lowest BCUT2D eigenvalue weighted by atomic mass is 10.2. The number of rotatable bonds is 30. The highest BCUT2D eigenvalue weighted by atomic mass is 31.2. The summed E-state index contributed by atoms with van der Waals surface area (Å²) in [6.07, 6.45) is 10.1. The first-order chi connectivity index (χ1) is 36.3. The van der Waals surface area contributed by atoms with Crippen molar-refractivity contribution in [2.45, 2.75) is 112 Å². The molecular weight excluding hydrogens is 1050 g/mol. The highest BCUT2D eigenvalue weighted by Gasteiger charge is 2.51. The van der Waals surface area contributed by atoms with Gasteiger partial charge in [0.05, 0.1) is 77.9 Å². The average Bonchev–Trinajstić information content (AvgIpc) is 3.38. The second-order valence-electron chi connectivity index (χ2n) is 19.2. The number of hydrogen-bond acceptors (Lipinski definition) is 12. The predicted octanol–water partition coefficient (Wildman–Crippen LogP) is 13.2. The number of aliphatic hydroxyl groups excluding tert-OH is 1. The van der Waals surface area contributed by atoms with E-state index in [1.165, 1.54) is 20.7 Å². The zero-order chi connectivity index (χ0) is 56.5. The van der Waals surface area contributed by atoms with E-state index in [0.29, 0.717) is 90.6 Å². The molecule has 4 aromatic carbocycles. The maximum atomic E-state index is 12.6. The smallest absolute Gasteiger partial charge is 0.331 e. The van der Waals surface area contributed by atoms with E-state index in [1.54, 1.807) is 26.0 Å². The third kappa shape index (κ3) is 22.4. The molecule has 4 aromatic rings. The van der Waals surface area contributed by atoms with Gasteiger partial charge in [0.1, 0.15) is 0 Å². The Morgan fingerprint density at radius 1 is 0.434 bits per heavy atom. The number of aliphatic hydroxyl groups is 1. The molecule has 12 nitrogen and oxygen atoms in total. The van der Waals surface area contributed by atoms with Crippen molar-refractivity contribution in [3.8, 4) is 11.8 Å². The fourth-order valence-electron chi connectivity index (χ4n) is 8.70. The molecule has 0 aliphatic rings. The van der Waals surface area contributed by atoms with E-state index in [4.69, 9.17) is 41.1 Å². The van der Waals surface area contributed by atoms with Gasteiger partial charge in [-0.25, -0.2) is 0 Å². The van der Waals surface area contributed by atoms with E-state index >= 15 is 0 Å². The Morgan fingerprint density at radius 3 is 1.04 bits per heavy atom. The first-order valence-electron chi connectivity index (χ1n) is 26.8. The minimum absolute atomic E-state index is 0.00751. The Hall–Kier alpha value is -3.32. The van der Waals surface area contributed by atoms with Crippen LogP contribution in [0.2, 0.25) is 10.1 Å². The molecule has 0 saturated carbocycles. The number of hydrogen-bond donors (Lipinski definition) is 1. The van der Waals surface area contributed by atoms with Crippen LogP contribution in [-0.2, 0) is 49.7 Å². The van der Waals surface area contributed by atoms with E-state index in [2.05, 4.69) is 150 Å². The van der Waals surface area contributed by atoms with Crippen molar-refractivity contribution in [2.75, 3.05) is 77.9 Å². The largest absolute Gasteiger partial charge is 0.404 e. The minimum Gasteiger partial charge on any atom is -0.404 e. The lowest BCUT2D eigenvalue weighted by Crippen LogP contribution is -2.66. The van der Waals surface area contributed by atoms with Gasteiger partial charge in [-0.3, -0.25) is 13.7 Å². The molecule has 0 radical (unpaired) electrons. The van der Waals surface area contributed by atoms with Crippen LogP contribution < -0.4 is 20.7 Å². The summed E-state index contributed by atoms with van der Waals surface area (Å²) in [5, 5.41) is 13.3. The van der Waals surface area contributed by atoms with Gasteiger partial charge in [-0.1, -0.05) is 193 Å². The van der Waals surface area contributed by atoms with Crippen molar-refractivity contribution >= 4 is 60.2 Å². The lowest BCUT2D eigenvalue weighted by Gasteiger charge is -2.42. The van der Waals surface area contributed by atoms with Crippen LogP contribution >= 0.6 is 22.8 Å². The van der Waals surface area contributed by atoms with E-state index in [9.17, 15) is 13.7 Å². The molecule has 422 valence electrons. The predicted molar refractivity (Wildman–Crippen MR) is 321 cm³/mol. The van der Waals surface area contributed by atoms with Crippen LogP contribution in [0, 0.1) is 11.8 Å². The summed E-state index contributed by atoms with van der Waals surface area (Å²) in [5.74, 6) is 6.24. The lowest BCUT2D eigenvalue weighted by molar-refractivity contribution is 0.219. The molecule has 0 unspecified atom stereocenters. The molecule has 1 N–H and O–H groups in total. The Bertz CT molecular complexity index is 2330.